The number of thiophene rings is 1. The van der Waals surface area contributed by atoms with Crippen LogP contribution in [-0.2, 0) is 11.2 Å². The van der Waals surface area contributed by atoms with Crippen molar-refractivity contribution in [2.24, 2.45) is 0 Å². The van der Waals surface area contributed by atoms with E-state index in [0.717, 1.165) is 36.4 Å². The molecule has 0 spiro atoms. The molecular weight excluding hydrogens is 418 g/mol. The Hall–Kier alpha value is -0.690. The Labute approximate surface area is 143 Å². The highest BCUT2D eigenvalue weighted by Gasteiger charge is 2.23. The maximum absolute atomic E-state index is 11.7. The van der Waals surface area contributed by atoms with Crippen LogP contribution < -0.4 is 4.90 Å². The Bertz CT molecular complexity index is 694. The molecule has 1 amide bonds. The van der Waals surface area contributed by atoms with Gasteiger partial charge in [-0.05, 0) is 61.5 Å². The lowest BCUT2D eigenvalue weighted by Crippen LogP contribution is -2.31. The zero-order valence-electron chi connectivity index (χ0n) is 11.3. The van der Waals surface area contributed by atoms with Gasteiger partial charge in [0, 0.05) is 28.5 Å². The maximum Gasteiger partial charge on any atom is 0.227 e. The number of rotatable bonds is 2. The normalized spacial score (nSPS) is 16.0. The van der Waals surface area contributed by atoms with E-state index in [0.29, 0.717) is 6.42 Å². The zero-order chi connectivity index (χ0) is 15.1. The van der Waals surface area contributed by atoms with Crippen molar-refractivity contribution in [2.45, 2.75) is 18.9 Å². The van der Waals surface area contributed by atoms with E-state index in [1.807, 2.05) is 24.3 Å². The third-order valence-electron chi connectivity index (χ3n) is 3.70. The summed E-state index contributed by atoms with van der Waals surface area (Å²) in [6.07, 6.45) is 0.613. The van der Waals surface area contributed by atoms with E-state index in [4.69, 9.17) is 0 Å². The summed E-state index contributed by atoms with van der Waals surface area (Å²) >= 11 is 8.40. The van der Waals surface area contributed by atoms with Crippen molar-refractivity contribution in [2.75, 3.05) is 11.9 Å². The van der Waals surface area contributed by atoms with Gasteiger partial charge >= 0.3 is 0 Å². The second-order valence-corrected chi connectivity index (χ2v) is 8.27. The Kier molecular flexibility index (Phi) is 4.23. The number of fused-ring (bicyclic) bond motifs is 1. The number of anilines is 1. The number of halogens is 2. The van der Waals surface area contributed by atoms with Gasteiger partial charge in [-0.15, -0.1) is 11.3 Å². The van der Waals surface area contributed by atoms with E-state index in [9.17, 15) is 9.90 Å². The fraction of sp³-hybridized carbons (Fsp3) is 0.267. The predicted octanol–water partition coefficient (Wildman–Crippen LogP) is 4.26. The molecule has 0 aliphatic carbocycles. The van der Waals surface area contributed by atoms with E-state index in [-0.39, 0.29) is 5.91 Å². The first-order valence-corrected chi connectivity index (χ1v) is 8.90. The van der Waals surface area contributed by atoms with Crippen molar-refractivity contribution in [1.29, 1.82) is 0 Å². The molecule has 110 valence electrons. The fourth-order valence-electron chi connectivity index (χ4n) is 2.51. The second-order valence-electron chi connectivity index (χ2n) is 5.01. The molecular formula is C15H13Br2NO2S. The lowest BCUT2D eigenvalue weighted by molar-refractivity contribution is -0.118. The SMILES string of the molecule is CN1C(=O)CCc2cc(C(O)c3cc(Br)c(Br)s3)ccc21. The highest BCUT2D eigenvalue weighted by molar-refractivity contribution is 9.13. The van der Waals surface area contributed by atoms with Crippen LogP contribution in [0.3, 0.4) is 0 Å². The molecule has 2 heterocycles. The minimum atomic E-state index is -0.647. The number of hydrogen-bond acceptors (Lipinski definition) is 3. The van der Waals surface area contributed by atoms with Gasteiger partial charge in [0.1, 0.15) is 6.10 Å². The Morgan fingerprint density at radius 1 is 1.29 bits per heavy atom. The lowest BCUT2D eigenvalue weighted by atomic mass is 9.97. The highest BCUT2D eigenvalue weighted by Crippen LogP contribution is 2.38. The van der Waals surface area contributed by atoms with Crippen molar-refractivity contribution < 1.29 is 9.90 Å². The third kappa shape index (κ3) is 2.82. The van der Waals surface area contributed by atoms with Crippen LogP contribution in [0.5, 0.6) is 0 Å². The molecule has 1 atom stereocenters. The maximum atomic E-state index is 11.7. The topological polar surface area (TPSA) is 40.5 Å². The van der Waals surface area contributed by atoms with E-state index in [2.05, 4.69) is 31.9 Å². The second kappa shape index (κ2) is 5.83. The van der Waals surface area contributed by atoms with Gasteiger partial charge in [-0.3, -0.25) is 4.79 Å². The van der Waals surface area contributed by atoms with Gasteiger partial charge in [0.25, 0.3) is 0 Å². The van der Waals surface area contributed by atoms with Crippen LogP contribution in [0.4, 0.5) is 5.69 Å². The van der Waals surface area contributed by atoms with Crippen LogP contribution in [0, 0.1) is 0 Å². The molecule has 1 aliphatic rings. The van der Waals surface area contributed by atoms with Gasteiger partial charge in [-0.1, -0.05) is 12.1 Å². The summed E-state index contributed by atoms with van der Waals surface area (Å²) < 4.78 is 1.92. The van der Waals surface area contributed by atoms with E-state index in [1.54, 1.807) is 11.9 Å². The Balaban J connectivity index is 1.95. The number of carbonyl (C=O) groups is 1. The Morgan fingerprint density at radius 3 is 2.71 bits per heavy atom. The van der Waals surface area contributed by atoms with Crippen LogP contribution in [0.15, 0.2) is 32.5 Å². The number of carbonyl (C=O) groups excluding carboxylic acids is 1. The molecule has 1 aliphatic heterocycles. The minimum absolute atomic E-state index is 0.141. The van der Waals surface area contributed by atoms with Crippen molar-refractivity contribution in [3.63, 3.8) is 0 Å². The number of aryl methyl sites for hydroxylation is 1. The van der Waals surface area contributed by atoms with Crippen LogP contribution >= 0.6 is 43.2 Å². The quantitative estimate of drug-likeness (QED) is 0.772. The monoisotopic (exact) mass is 429 g/mol. The van der Waals surface area contributed by atoms with Crippen LogP contribution in [-0.4, -0.2) is 18.1 Å². The van der Waals surface area contributed by atoms with Gasteiger partial charge in [-0.2, -0.15) is 0 Å². The molecule has 0 fully saturated rings. The summed E-state index contributed by atoms with van der Waals surface area (Å²) in [6.45, 7) is 0. The number of amides is 1. The molecule has 21 heavy (non-hydrogen) atoms. The van der Waals surface area contributed by atoms with Crippen molar-refractivity contribution in [3.05, 3.63) is 48.5 Å². The average Bonchev–Trinajstić information content (AvgIpc) is 2.81. The summed E-state index contributed by atoms with van der Waals surface area (Å²) in [7, 11) is 1.80. The first-order chi connectivity index (χ1) is 9.97. The molecule has 0 saturated heterocycles. The lowest BCUT2D eigenvalue weighted by Gasteiger charge is -2.26. The zero-order valence-corrected chi connectivity index (χ0v) is 15.3. The molecule has 6 heteroatoms. The molecule has 1 N–H and O–H groups in total. The highest BCUT2D eigenvalue weighted by atomic mass is 79.9. The number of aliphatic hydroxyl groups excluding tert-OH is 1. The summed E-state index contributed by atoms with van der Waals surface area (Å²) in [5.41, 5.74) is 2.91. The van der Waals surface area contributed by atoms with Crippen molar-refractivity contribution in [3.8, 4) is 0 Å². The summed E-state index contributed by atoms with van der Waals surface area (Å²) in [5, 5.41) is 10.5. The first kappa shape index (κ1) is 15.2. The molecule has 3 rings (SSSR count). The molecule has 0 bridgehead atoms. The van der Waals surface area contributed by atoms with Gasteiger partial charge in [0.15, 0.2) is 0 Å². The largest absolute Gasteiger partial charge is 0.383 e. The molecule has 0 radical (unpaired) electrons. The standard InChI is InChI=1S/C15H13Br2NO2S/c1-18-11-4-2-9(6-8(11)3-5-13(18)19)14(20)12-7-10(16)15(17)21-12/h2,4,6-7,14,20H,3,5H2,1H3. The molecule has 3 nitrogen and oxygen atoms in total. The van der Waals surface area contributed by atoms with Crippen molar-refractivity contribution >= 4 is 54.8 Å². The van der Waals surface area contributed by atoms with E-state index in [1.165, 1.54) is 11.3 Å². The molecule has 2 aromatic rings. The van der Waals surface area contributed by atoms with Gasteiger partial charge in [0.05, 0.1) is 3.79 Å². The molecule has 1 unspecified atom stereocenters. The Morgan fingerprint density at radius 2 is 2.05 bits per heavy atom. The summed E-state index contributed by atoms with van der Waals surface area (Å²) in [4.78, 5) is 14.3. The summed E-state index contributed by atoms with van der Waals surface area (Å²) in [5.74, 6) is 0.141. The number of nitrogens with zero attached hydrogens (tertiary/aromatic N) is 1. The van der Waals surface area contributed by atoms with E-state index >= 15 is 0 Å². The molecule has 1 aromatic carbocycles. The summed E-state index contributed by atoms with van der Waals surface area (Å²) in [6, 6.07) is 7.74. The van der Waals surface area contributed by atoms with Crippen LogP contribution in [0.25, 0.3) is 0 Å². The van der Waals surface area contributed by atoms with E-state index < -0.39 is 6.10 Å². The average molecular weight is 431 g/mol. The van der Waals surface area contributed by atoms with Gasteiger partial charge in [-0.25, -0.2) is 0 Å². The minimum Gasteiger partial charge on any atom is -0.383 e. The third-order valence-corrected chi connectivity index (χ3v) is 7.01. The number of benzene rings is 1. The first-order valence-electron chi connectivity index (χ1n) is 6.49. The fourth-order valence-corrected chi connectivity index (χ4v) is 4.61. The van der Waals surface area contributed by atoms with Crippen LogP contribution in [0.1, 0.15) is 28.5 Å². The number of hydrogen-bond donors (Lipinski definition) is 1. The molecule has 1 aromatic heterocycles. The molecule has 0 saturated carbocycles. The predicted molar refractivity (Wildman–Crippen MR) is 92.0 cm³/mol. The number of aliphatic hydroxyl groups is 1. The van der Waals surface area contributed by atoms with Crippen molar-refractivity contribution in [1.82, 2.24) is 0 Å². The van der Waals surface area contributed by atoms with Gasteiger partial charge < -0.3 is 10.0 Å². The van der Waals surface area contributed by atoms with Crippen LogP contribution in [0.2, 0.25) is 0 Å². The smallest absolute Gasteiger partial charge is 0.227 e. The van der Waals surface area contributed by atoms with Gasteiger partial charge in [0.2, 0.25) is 5.91 Å².